The molecule has 0 bridgehead atoms. The molecule has 5 heterocycles. The smallest absolute Gasteiger partial charge is 0.210 e. The SMILES string of the molecule is CC(C)C1OC2OC(C(C)C)C(C(C)C)OC2OC1C(C)C.CC(C)CC(CSSCC(CC(C)C)C(C)C)C(C)C.CC(C)CC1OC(CC(C)C)C(C(C)C)C1C(C)C.CC(C)CCN1CCN(CCC(C)C)CCN(CCC(C)C)CCN(CCC(C)C)CC1.COC1OC(CC(C)C)C(C(C)C)C(C(C)C)C1C(C)C. The fraction of sp³-hybridized carbons (Fsp3) is 1.00. The van der Waals surface area contributed by atoms with E-state index >= 15 is 0 Å². The Kier molecular flexibility index (Phi) is 58.3. The van der Waals surface area contributed by atoms with Crippen molar-refractivity contribution in [2.75, 3.05) is 97.2 Å². The predicted octanol–water partition coefficient (Wildman–Crippen LogP) is 26.8. The van der Waals surface area contributed by atoms with Crippen LogP contribution in [0.1, 0.15) is 335 Å². The van der Waals surface area contributed by atoms with E-state index in [4.69, 9.17) is 33.2 Å². The molecule has 15 atom stereocenters. The normalized spacial score (nSPS) is 27.7. The standard InChI is InChI=1S/C28H60N4.C19H38O2.C18H34O4.C18H36O.C18H38S2/c1-25(2)9-13-29-17-19-30(14-10-26(3)4)21-23-32(16-12-28(7)8)24-22-31(20-18-29)15-11-27(5)6;1-11(2)10-15-16(12(3)4)17(13(5)6)18(14(7)8)19(20-9)21-15;1-9(2)13-14(10(3)4)20-18-17(19-13)21-15(11(5)6)16(22-18)12(7)8;1-11(2)9-15-17(13(5)6)18(14(7)8)16(19-15)10-12(3)4;1-13(2)9-17(15(5)6)11-19-20-12-18(16(7)8)10-14(3)4/h25-28H,9-24H2,1-8H3;11-19H,10H2,1-9H3;9-18H,1-8H3;11-18H,9-10H2,1-8H3;13-18H,9-12H2,1-8H3. The molecule has 11 nitrogen and oxygen atoms in total. The lowest BCUT2D eigenvalue weighted by molar-refractivity contribution is -0.428. The Morgan fingerprint density at radius 1 is 0.263 bits per heavy atom. The summed E-state index contributed by atoms with van der Waals surface area (Å²) in [5.41, 5.74) is 0. The molecule has 0 aromatic heterocycles. The maximum atomic E-state index is 6.53. The fourth-order valence-electron chi connectivity index (χ4n) is 18.6. The molecule has 5 saturated heterocycles. The molecular formula is C101H206N4O7S2. The minimum absolute atomic E-state index is 0.0452. The van der Waals surface area contributed by atoms with E-state index in [-0.39, 0.29) is 30.7 Å². The highest BCUT2D eigenvalue weighted by atomic mass is 33.1. The quantitative estimate of drug-likeness (QED) is 0.0433. The molecule has 5 fully saturated rings. The highest BCUT2D eigenvalue weighted by Gasteiger charge is 2.52. The van der Waals surface area contributed by atoms with Crippen LogP contribution in [-0.2, 0) is 33.2 Å². The van der Waals surface area contributed by atoms with Crippen molar-refractivity contribution in [3.63, 3.8) is 0 Å². The number of fused-ring (bicyclic) bond motifs is 1. The van der Waals surface area contributed by atoms with Gasteiger partial charge in [-0.3, -0.25) is 0 Å². The summed E-state index contributed by atoms with van der Waals surface area (Å²) in [6.45, 7) is 108. The molecule has 5 aliphatic rings. The zero-order chi connectivity index (χ0) is 87.3. The highest BCUT2D eigenvalue weighted by Crippen LogP contribution is 2.49. The first kappa shape index (κ1) is 112. The van der Waals surface area contributed by atoms with E-state index < -0.39 is 12.6 Å². The first-order valence-corrected chi connectivity index (χ1v) is 51.1. The Morgan fingerprint density at radius 3 is 0.675 bits per heavy atom. The van der Waals surface area contributed by atoms with Crippen molar-refractivity contribution in [2.24, 2.45) is 160 Å². The predicted molar refractivity (Wildman–Crippen MR) is 505 cm³/mol. The minimum atomic E-state index is -0.412. The molecule has 0 radical (unpaired) electrons. The summed E-state index contributed by atoms with van der Waals surface area (Å²) < 4.78 is 43.8. The van der Waals surface area contributed by atoms with Crippen LogP contribution in [0.2, 0.25) is 0 Å². The Balaban J connectivity index is 0.000000723. The molecule has 5 rings (SSSR count). The molecule has 13 heteroatoms. The van der Waals surface area contributed by atoms with Crippen molar-refractivity contribution in [3.05, 3.63) is 0 Å². The molecule has 15 unspecified atom stereocenters. The van der Waals surface area contributed by atoms with Crippen LogP contribution in [0.3, 0.4) is 0 Å². The number of hydrogen-bond acceptors (Lipinski definition) is 13. The first-order valence-electron chi connectivity index (χ1n) is 48.6. The van der Waals surface area contributed by atoms with E-state index in [2.05, 4.69) is 318 Å². The van der Waals surface area contributed by atoms with E-state index in [0.29, 0.717) is 83.4 Å². The van der Waals surface area contributed by atoms with Gasteiger partial charge in [-0.15, -0.1) is 0 Å². The maximum Gasteiger partial charge on any atom is 0.210 e. The van der Waals surface area contributed by atoms with Crippen molar-refractivity contribution in [1.29, 1.82) is 0 Å². The zero-order valence-electron chi connectivity index (χ0n) is 84.1. The molecule has 0 N–H and O–H groups in total. The van der Waals surface area contributed by atoms with Crippen molar-refractivity contribution in [2.45, 2.75) is 396 Å². The van der Waals surface area contributed by atoms with Gasteiger partial charge in [0.25, 0.3) is 0 Å². The Hall–Kier alpha value is 0.260. The van der Waals surface area contributed by atoms with Crippen molar-refractivity contribution in [1.82, 2.24) is 19.6 Å². The first-order chi connectivity index (χ1) is 53.0. The van der Waals surface area contributed by atoms with Crippen LogP contribution in [0.4, 0.5) is 0 Å². The van der Waals surface area contributed by atoms with E-state index in [1.807, 2.05) is 0 Å². The third kappa shape index (κ3) is 44.2. The Labute approximate surface area is 723 Å². The van der Waals surface area contributed by atoms with Crippen molar-refractivity contribution in [3.8, 4) is 0 Å². The second kappa shape index (κ2) is 59.2. The molecule has 0 aromatic carbocycles. The third-order valence-electron chi connectivity index (χ3n) is 25.6. The molecule has 0 aliphatic carbocycles. The van der Waals surface area contributed by atoms with Crippen LogP contribution in [0.25, 0.3) is 0 Å². The molecule has 0 aromatic rings. The summed E-state index contributed by atoms with van der Waals surface area (Å²) in [6.07, 6.45) is 12.2. The molecule has 5 aliphatic heterocycles. The van der Waals surface area contributed by atoms with Gasteiger partial charge < -0.3 is 52.8 Å². The largest absolute Gasteiger partial charge is 0.374 e. The topological polar surface area (TPSA) is 77.6 Å². The molecule has 0 spiro atoms. The number of ether oxygens (including phenoxy) is 7. The van der Waals surface area contributed by atoms with Crippen LogP contribution in [-0.4, -0.2) is 178 Å². The number of hydrogen-bond donors (Lipinski definition) is 0. The lowest BCUT2D eigenvalue weighted by Crippen LogP contribution is -2.62. The van der Waals surface area contributed by atoms with Gasteiger partial charge in [0.05, 0.1) is 42.7 Å². The third-order valence-corrected chi connectivity index (χ3v) is 28.2. The van der Waals surface area contributed by atoms with Gasteiger partial charge in [-0.25, -0.2) is 0 Å². The highest BCUT2D eigenvalue weighted by molar-refractivity contribution is 8.76. The summed E-state index contributed by atoms with van der Waals surface area (Å²) in [4.78, 5) is 11.1. The summed E-state index contributed by atoms with van der Waals surface area (Å²) in [5.74, 6) is 21.2. The van der Waals surface area contributed by atoms with Crippen molar-refractivity contribution >= 4 is 21.6 Å². The van der Waals surface area contributed by atoms with Gasteiger partial charge >= 0.3 is 0 Å². The second-order valence-electron chi connectivity index (χ2n) is 44.5. The van der Waals surface area contributed by atoms with Crippen molar-refractivity contribution < 1.29 is 33.2 Å². The number of nitrogens with zero attached hydrogens (tertiary/aromatic N) is 4. The molecule has 684 valence electrons. The monoisotopic (exact) mass is 1650 g/mol. The minimum Gasteiger partial charge on any atom is -0.374 e. The number of rotatable bonds is 39. The Bertz CT molecular complexity index is 2080. The van der Waals surface area contributed by atoms with E-state index in [9.17, 15) is 0 Å². The summed E-state index contributed by atoms with van der Waals surface area (Å²) in [5, 5.41) is 0. The Morgan fingerprint density at radius 2 is 0.491 bits per heavy atom. The average Bonchev–Trinajstić information content (AvgIpc) is 1.27. The van der Waals surface area contributed by atoms with Gasteiger partial charge in [-0.1, -0.05) is 299 Å². The summed E-state index contributed by atoms with van der Waals surface area (Å²) >= 11 is 0. The van der Waals surface area contributed by atoms with Gasteiger partial charge in [0.15, 0.2) is 6.29 Å². The molecule has 114 heavy (non-hydrogen) atoms. The maximum absolute atomic E-state index is 6.53. The van der Waals surface area contributed by atoms with Gasteiger partial charge in [-0.05, 0) is 238 Å². The average molecular weight is 1650 g/mol. The second-order valence-corrected chi connectivity index (χ2v) is 47.1. The summed E-state index contributed by atoms with van der Waals surface area (Å²) in [7, 11) is 6.05. The lowest BCUT2D eigenvalue weighted by atomic mass is 9.62. The van der Waals surface area contributed by atoms with Crippen LogP contribution in [0.5, 0.6) is 0 Å². The van der Waals surface area contributed by atoms with Gasteiger partial charge in [-0.2, -0.15) is 0 Å². The molecule has 0 amide bonds. The number of methoxy groups -OCH3 is 1. The van der Waals surface area contributed by atoms with Crippen LogP contribution >= 0.6 is 21.6 Å². The van der Waals surface area contributed by atoms with E-state index in [0.717, 1.165) is 101 Å². The van der Waals surface area contributed by atoms with E-state index in [1.165, 1.54) is 141 Å². The zero-order valence-corrected chi connectivity index (χ0v) is 85.7. The van der Waals surface area contributed by atoms with Crippen LogP contribution in [0, 0.1) is 160 Å². The fourth-order valence-corrected chi connectivity index (χ4v) is 21.8. The lowest BCUT2D eigenvalue weighted by Gasteiger charge is -2.52. The van der Waals surface area contributed by atoms with Crippen LogP contribution in [0.15, 0.2) is 0 Å². The van der Waals surface area contributed by atoms with Gasteiger partial charge in [0, 0.05) is 76.9 Å². The van der Waals surface area contributed by atoms with Crippen LogP contribution < -0.4 is 0 Å². The van der Waals surface area contributed by atoms with Gasteiger partial charge in [0.1, 0.15) is 0 Å². The summed E-state index contributed by atoms with van der Waals surface area (Å²) in [6, 6.07) is 0. The molecule has 0 saturated carbocycles. The molecular weight excluding hydrogens is 1450 g/mol. The van der Waals surface area contributed by atoms with Gasteiger partial charge in [0.2, 0.25) is 12.6 Å². The van der Waals surface area contributed by atoms with E-state index in [1.54, 1.807) is 7.11 Å².